The Morgan fingerprint density at radius 1 is 0.659 bits per heavy atom. The number of hydrogen-bond donors (Lipinski definition) is 2. The minimum atomic E-state index is -5.11. The molecule has 1 aromatic heterocycles. The van der Waals surface area contributed by atoms with Gasteiger partial charge in [0.1, 0.15) is 5.82 Å². The van der Waals surface area contributed by atoms with Gasteiger partial charge >= 0.3 is 12.4 Å². The molecule has 0 atom stereocenters. The fourth-order valence-corrected chi connectivity index (χ4v) is 3.62. The first kappa shape index (κ1) is 33.2. The molecule has 0 aliphatic rings. The van der Waals surface area contributed by atoms with Crippen LogP contribution in [0.15, 0.2) is 95.6 Å². The Morgan fingerprint density at radius 2 is 1.25 bits per heavy atom. The van der Waals surface area contributed by atoms with Crippen molar-refractivity contribution < 1.29 is 54.3 Å². The van der Waals surface area contributed by atoms with E-state index in [1.54, 1.807) is 24.3 Å². The summed E-state index contributed by atoms with van der Waals surface area (Å²) in [5.74, 6) is -6.43. The molecule has 1 heterocycles. The Hall–Kier alpha value is -5.27. The first-order valence-electron chi connectivity index (χ1n) is 12.5. The summed E-state index contributed by atoms with van der Waals surface area (Å²) in [4.78, 5) is 46.2. The third-order valence-electron chi connectivity index (χ3n) is 5.66. The molecule has 0 aliphatic carbocycles. The highest BCUT2D eigenvalue weighted by Gasteiger charge is 2.41. The van der Waals surface area contributed by atoms with E-state index in [-0.39, 0.29) is 17.9 Å². The predicted octanol–water partition coefficient (Wildman–Crippen LogP) is 7.42. The average Bonchev–Trinajstić information content (AvgIpc) is 3.51. The molecular formula is C30H21F7N2O5. The van der Waals surface area contributed by atoms with Gasteiger partial charge in [-0.05, 0) is 54.4 Å². The molecule has 230 valence electrons. The number of amides is 2. The molecule has 0 bridgehead atoms. The number of alkyl halides is 6. The van der Waals surface area contributed by atoms with E-state index < -0.39 is 58.4 Å². The number of benzene rings is 3. The number of aryl methyl sites for hydroxylation is 1. The highest BCUT2D eigenvalue weighted by molar-refractivity contribution is 6.10. The topological polar surface area (TPSA) is 105 Å². The Bertz CT molecular complexity index is 1620. The molecule has 14 heteroatoms. The number of anilines is 2. The largest absolute Gasteiger partial charge is 0.459 e. The van der Waals surface area contributed by atoms with Crippen LogP contribution in [0, 0.1) is 5.82 Å². The number of hydrogen-bond acceptors (Lipinski definition) is 5. The lowest BCUT2D eigenvalue weighted by atomic mass is 10.1. The van der Waals surface area contributed by atoms with Crippen molar-refractivity contribution in [2.75, 3.05) is 10.6 Å². The first-order valence-corrected chi connectivity index (χ1v) is 12.5. The van der Waals surface area contributed by atoms with Gasteiger partial charge < -0.3 is 15.1 Å². The molecule has 0 spiro atoms. The molecule has 0 unspecified atom stereocenters. The van der Waals surface area contributed by atoms with Gasteiger partial charge in [0.25, 0.3) is 17.5 Å². The second-order valence-corrected chi connectivity index (χ2v) is 8.85. The van der Waals surface area contributed by atoms with Crippen LogP contribution in [0.25, 0.3) is 0 Å². The van der Waals surface area contributed by atoms with Crippen LogP contribution in [0.2, 0.25) is 0 Å². The van der Waals surface area contributed by atoms with E-state index in [0.29, 0.717) is 18.6 Å². The number of para-hydroxylation sites is 1. The van der Waals surface area contributed by atoms with Crippen molar-refractivity contribution in [3.63, 3.8) is 0 Å². The SMILES string of the molecule is O=C(CCc1ccccc1)Nc1cc(F)ccc1C(=O)C(F)(F)F.O=C(Nc1ccccc1C(=O)C(F)(F)F)c1ccco1. The van der Waals surface area contributed by atoms with E-state index in [9.17, 15) is 49.9 Å². The summed E-state index contributed by atoms with van der Waals surface area (Å²) in [7, 11) is 0. The van der Waals surface area contributed by atoms with E-state index in [1.807, 2.05) is 6.07 Å². The Labute approximate surface area is 244 Å². The molecule has 7 nitrogen and oxygen atoms in total. The summed E-state index contributed by atoms with van der Waals surface area (Å²) >= 11 is 0. The van der Waals surface area contributed by atoms with Crippen LogP contribution in [0.3, 0.4) is 0 Å². The minimum absolute atomic E-state index is 0.0137. The van der Waals surface area contributed by atoms with Gasteiger partial charge in [0.15, 0.2) is 5.76 Å². The lowest BCUT2D eigenvalue weighted by Crippen LogP contribution is -2.25. The van der Waals surface area contributed by atoms with E-state index in [4.69, 9.17) is 4.42 Å². The van der Waals surface area contributed by atoms with Gasteiger partial charge in [-0.3, -0.25) is 19.2 Å². The molecule has 0 saturated carbocycles. The second-order valence-electron chi connectivity index (χ2n) is 8.85. The van der Waals surface area contributed by atoms with Crippen LogP contribution in [0.4, 0.5) is 42.1 Å². The zero-order valence-corrected chi connectivity index (χ0v) is 22.3. The number of halogens is 7. The standard InChI is InChI=1S/C17H13F4NO2.C13H8F3NO3/c18-12-7-8-13(16(24)17(19,20)21)14(10-12)22-15(23)9-6-11-4-2-1-3-5-11;14-13(15,16)11(18)8-4-1-2-5-9(8)17-12(19)10-6-3-7-20-10/h1-5,7-8,10H,6,9H2,(H,22,23);1-7H,(H,17,19). The van der Waals surface area contributed by atoms with Crippen molar-refractivity contribution in [1.82, 2.24) is 0 Å². The highest BCUT2D eigenvalue weighted by atomic mass is 19.4. The molecule has 3 aromatic carbocycles. The van der Waals surface area contributed by atoms with Crippen LogP contribution in [-0.4, -0.2) is 35.7 Å². The molecule has 0 saturated heterocycles. The van der Waals surface area contributed by atoms with Gasteiger partial charge in [0.05, 0.1) is 28.8 Å². The number of nitrogens with one attached hydrogen (secondary N) is 2. The third-order valence-corrected chi connectivity index (χ3v) is 5.66. The minimum Gasteiger partial charge on any atom is -0.459 e. The summed E-state index contributed by atoms with van der Waals surface area (Å²) in [6, 6.07) is 18.8. The molecule has 2 amide bonds. The van der Waals surface area contributed by atoms with Crippen LogP contribution in [0.1, 0.15) is 43.3 Å². The molecule has 0 radical (unpaired) electrons. The molecule has 0 fully saturated rings. The van der Waals surface area contributed by atoms with Gasteiger partial charge in [0, 0.05) is 6.42 Å². The summed E-state index contributed by atoms with van der Waals surface area (Å²) in [6.45, 7) is 0. The van der Waals surface area contributed by atoms with Crippen molar-refractivity contribution >= 4 is 34.8 Å². The van der Waals surface area contributed by atoms with Gasteiger partial charge in [0.2, 0.25) is 5.91 Å². The molecular weight excluding hydrogens is 601 g/mol. The van der Waals surface area contributed by atoms with Gasteiger partial charge in [-0.15, -0.1) is 0 Å². The van der Waals surface area contributed by atoms with Gasteiger partial charge in [-0.2, -0.15) is 26.3 Å². The number of carbonyl (C=O) groups excluding carboxylic acids is 4. The summed E-state index contributed by atoms with van der Waals surface area (Å²) in [6.07, 6.45) is -8.51. The first-order chi connectivity index (χ1) is 20.7. The zero-order chi connectivity index (χ0) is 32.5. The Morgan fingerprint density at radius 3 is 1.84 bits per heavy atom. The monoisotopic (exact) mass is 622 g/mol. The quantitative estimate of drug-likeness (QED) is 0.157. The fourth-order valence-electron chi connectivity index (χ4n) is 3.62. The van der Waals surface area contributed by atoms with E-state index in [0.717, 1.165) is 17.7 Å². The van der Waals surface area contributed by atoms with Crippen LogP contribution < -0.4 is 10.6 Å². The number of furan rings is 1. The molecule has 2 N–H and O–H groups in total. The van der Waals surface area contributed by atoms with Crippen molar-refractivity contribution in [1.29, 1.82) is 0 Å². The van der Waals surface area contributed by atoms with Crippen LogP contribution in [-0.2, 0) is 11.2 Å². The molecule has 44 heavy (non-hydrogen) atoms. The highest BCUT2D eigenvalue weighted by Crippen LogP contribution is 2.28. The van der Waals surface area contributed by atoms with Crippen molar-refractivity contribution in [2.24, 2.45) is 0 Å². The van der Waals surface area contributed by atoms with E-state index in [1.165, 1.54) is 36.6 Å². The zero-order valence-electron chi connectivity index (χ0n) is 22.3. The number of Topliss-reactive ketones (excluding diaryl/α,β-unsaturated/α-hetero) is 2. The predicted molar refractivity (Wildman–Crippen MR) is 144 cm³/mol. The number of rotatable bonds is 8. The lowest BCUT2D eigenvalue weighted by Gasteiger charge is -2.12. The van der Waals surface area contributed by atoms with Gasteiger partial charge in [-0.1, -0.05) is 42.5 Å². The fraction of sp³-hybridized carbons (Fsp3) is 0.133. The van der Waals surface area contributed by atoms with E-state index >= 15 is 0 Å². The summed E-state index contributed by atoms with van der Waals surface area (Å²) in [5, 5.41) is 4.39. The number of ketones is 2. The molecule has 0 aliphatic heterocycles. The van der Waals surface area contributed by atoms with Crippen molar-refractivity contribution in [2.45, 2.75) is 25.2 Å². The van der Waals surface area contributed by atoms with Crippen molar-refractivity contribution in [3.05, 3.63) is 119 Å². The average molecular weight is 622 g/mol. The maximum atomic E-state index is 13.3. The van der Waals surface area contributed by atoms with Crippen LogP contribution >= 0.6 is 0 Å². The second kappa shape index (κ2) is 14.3. The van der Waals surface area contributed by atoms with Crippen molar-refractivity contribution in [3.8, 4) is 0 Å². The third kappa shape index (κ3) is 9.37. The lowest BCUT2D eigenvalue weighted by molar-refractivity contribution is -0.116. The van der Waals surface area contributed by atoms with E-state index in [2.05, 4.69) is 10.6 Å². The maximum absolute atomic E-state index is 13.3. The Balaban J connectivity index is 0.000000244. The molecule has 4 rings (SSSR count). The van der Waals surface area contributed by atoms with Crippen LogP contribution in [0.5, 0.6) is 0 Å². The summed E-state index contributed by atoms with van der Waals surface area (Å²) < 4.78 is 93.1. The summed E-state index contributed by atoms with van der Waals surface area (Å²) in [5.41, 5.74) is -1.26. The number of carbonyl (C=O) groups is 4. The maximum Gasteiger partial charge on any atom is 0.454 e. The van der Waals surface area contributed by atoms with Gasteiger partial charge in [-0.25, -0.2) is 4.39 Å². The Kier molecular flexibility index (Phi) is 10.8. The molecule has 4 aromatic rings. The normalized spacial score (nSPS) is 11.2. The smallest absolute Gasteiger partial charge is 0.454 e.